The summed E-state index contributed by atoms with van der Waals surface area (Å²) < 4.78 is 6.57. The van der Waals surface area contributed by atoms with Crippen molar-refractivity contribution in [2.45, 2.75) is 19.8 Å². The van der Waals surface area contributed by atoms with Gasteiger partial charge < -0.3 is 4.74 Å². The van der Waals surface area contributed by atoms with Gasteiger partial charge in [0.2, 0.25) is 5.82 Å². The Morgan fingerprint density at radius 1 is 1.00 bits per heavy atom. The summed E-state index contributed by atoms with van der Waals surface area (Å²) in [5.74, 6) is 3.34. The lowest BCUT2D eigenvalue weighted by atomic mass is 9.99. The molecule has 2 heterocycles. The van der Waals surface area contributed by atoms with E-state index in [-0.39, 0.29) is 18.2 Å². The van der Waals surface area contributed by atoms with Crippen LogP contribution in [0.2, 0.25) is 0 Å². The van der Waals surface area contributed by atoms with Crippen LogP contribution in [0, 0.1) is 12.3 Å². The summed E-state index contributed by atoms with van der Waals surface area (Å²) in [4.78, 5) is 27.2. The molecule has 34 heavy (non-hydrogen) atoms. The molecular weight excluding hydrogens is 442 g/mol. The molecule has 0 amide bonds. The normalized spacial score (nSPS) is 11.1. The van der Waals surface area contributed by atoms with Gasteiger partial charge in [-0.1, -0.05) is 56.2 Å². The summed E-state index contributed by atoms with van der Waals surface area (Å²) in [7, 11) is 0. The molecule has 5 aromatic rings. The Labute approximate surface area is 201 Å². The van der Waals surface area contributed by atoms with E-state index in [0.29, 0.717) is 27.9 Å². The van der Waals surface area contributed by atoms with Crippen molar-refractivity contribution in [2.24, 2.45) is 0 Å². The fourth-order valence-electron chi connectivity index (χ4n) is 3.73. The van der Waals surface area contributed by atoms with Gasteiger partial charge in [-0.25, -0.2) is 15.0 Å². The van der Waals surface area contributed by atoms with E-state index in [4.69, 9.17) is 16.1 Å². The Balaban J connectivity index is 1.65. The van der Waals surface area contributed by atoms with Gasteiger partial charge in [0, 0.05) is 10.9 Å². The Morgan fingerprint density at radius 3 is 2.53 bits per heavy atom. The lowest BCUT2D eigenvalue weighted by Crippen LogP contribution is -2.08. The fourth-order valence-corrected chi connectivity index (χ4v) is 4.64. The number of carbonyl (C=O) groups excluding carboxylic acids is 1. The third-order valence-electron chi connectivity index (χ3n) is 5.53. The number of aromatic nitrogens is 3. The second kappa shape index (κ2) is 9.05. The molecule has 0 radical (unpaired) electrons. The predicted octanol–water partition coefficient (Wildman–Crippen LogP) is 6.27. The van der Waals surface area contributed by atoms with Gasteiger partial charge in [-0.15, -0.1) is 17.8 Å². The van der Waals surface area contributed by atoms with Crippen LogP contribution in [0.1, 0.15) is 41.0 Å². The Kier molecular flexibility index (Phi) is 5.79. The van der Waals surface area contributed by atoms with E-state index >= 15 is 0 Å². The van der Waals surface area contributed by atoms with E-state index in [1.807, 2.05) is 48.5 Å². The molecule has 0 atom stereocenters. The Morgan fingerprint density at radius 2 is 1.79 bits per heavy atom. The van der Waals surface area contributed by atoms with Gasteiger partial charge in [0.15, 0.2) is 5.01 Å². The number of nitrogens with zero attached hydrogens (tertiary/aromatic N) is 3. The zero-order valence-corrected chi connectivity index (χ0v) is 19.6. The molecule has 6 heteroatoms. The predicted molar refractivity (Wildman–Crippen MR) is 136 cm³/mol. The van der Waals surface area contributed by atoms with Crippen molar-refractivity contribution in [3.05, 3.63) is 83.1 Å². The summed E-state index contributed by atoms with van der Waals surface area (Å²) in [6.45, 7) is 4.47. The van der Waals surface area contributed by atoms with Crippen molar-refractivity contribution in [3.8, 4) is 29.4 Å². The fraction of sp³-hybridized carbons (Fsp3) is 0.143. The molecule has 0 aliphatic heterocycles. The summed E-state index contributed by atoms with van der Waals surface area (Å²) in [6.07, 6.45) is 5.34. The van der Waals surface area contributed by atoms with Crippen LogP contribution in [-0.2, 0) is 0 Å². The maximum Gasteiger partial charge on any atom is 0.258 e. The van der Waals surface area contributed by atoms with Crippen molar-refractivity contribution in [2.75, 3.05) is 6.61 Å². The zero-order chi connectivity index (χ0) is 23.7. The van der Waals surface area contributed by atoms with E-state index in [9.17, 15) is 4.79 Å². The molecule has 0 bridgehead atoms. The molecule has 0 saturated carbocycles. The highest BCUT2D eigenvalue weighted by atomic mass is 32.1. The van der Waals surface area contributed by atoms with Crippen LogP contribution in [0.25, 0.3) is 32.4 Å². The SMILES string of the molecule is C#CCOc1ccc2nc(C(=O)c3nc4ccccc4s3)nc(-c3ccc(C(C)C)cc3)c2c1. The van der Waals surface area contributed by atoms with Crippen LogP contribution >= 0.6 is 11.3 Å². The lowest BCUT2D eigenvalue weighted by Gasteiger charge is -2.11. The quantitative estimate of drug-likeness (QED) is 0.219. The minimum Gasteiger partial charge on any atom is -0.481 e. The van der Waals surface area contributed by atoms with E-state index in [0.717, 1.165) is 21.2 Å². The molecule has 0 spiro atoms. The highest BCUT2D eigenvalue weighted by Gasteiger charge is 2.21. The smallest absolute Gasteiger partial charge is 0.258 e. The number of carbonyl (C=O) groups is 1. The number of ketones is 1. The number of fused-ring (bicyclic) bond motifs is 2. The molecule has 3 aromatic carbocycles. The van der Waals surface area contributed by atoms with Crippen molar-refractivity contribution in [1.29, 1.82) is 0 Å². The number of ether oxygens (including phenoxy) is 1. The maximum absolute atomic E-state index is 13.4. The first-order valence-corrected chi connectivity index (χ1v) is 11.7. The van der Waals surface area contributed by atoms with Crippen LogP contribution in [-0.4, -0.2) is 27.3 Å². The number of rotatable bonds is 6. The number of terminal acetylenes is 1. The van der Waals surface area contributed by atoms with E-state index in [2.05, 4.69) is 41.9 Å². The van der Waals surface area contributed by atoms with Crippen LogP contribution in [0.5, 0.6) is 5.75 Å². The first-order chi connectivity index (χ1) is 16.5. The van der Waals surface area contributed by atoms with Crippen LogP contribution in [0.3, 0.4) is 0 Å². The third-order valence-corrected chi connectivity index (χ3v) is 6.57. The molecule has 0 N–H and O–H groups in total. The molecule has 0 fully saturated rings. The van der Waals surface area contributed by atoms with Gasteiger partial charge >= 0.3 is 0 Å². The van der Waals surface area contributed by atoms with Gasteiger partial charge in [-0.2, -0.15) is 0 Å². The molecule has 166 valence electrons. The molecule has 0 aliphatic carbocycles. The summed E-state index contributed by atoms with van der Waals surface area (Å²) in [6, 6.07) is 21.4. The van der Waals surface area contributed by atoms with E-state index in [1.54, 1.807) is 6.07 Å². The lowest BCUT2D eigenvalue weighted by molar-refractivity contribution is 0.102. The second-order valence-electron chi connectivity index (χ2n) is 8.16. The minimum atomic E-state index is -0.296. The maximum atomic E-state index is 13.4. The average molecular weight is 464 g/mol. The summed E-state index contributed by atoms with van der Waals surface area (Å²) in [5.41, 5.74) is 4.22. The van der Waals surface area contributed by atoms with Crippen LogP contribution in [0.15, 0.2) is 66.7 Å². The van der Waals surface area contributed by atoms with Crippen molar-refractivity contribution in [3.63, 3.8) is 0 Å². The van der Waals surface area contributed by atoms with Gasteiger partial charge in [0.25, 0.3) is 5.78 Å². The Hall–Kier alpha value is -4.08. The minimum absolute atomic E-state index is 0.117. The third kappa shape index (κ3) is 4.14. The standard InChI is InChI=1S/C28H21N3O2S/c1-4-15-33-20-13-14-22-21(16-20)25(19-11-9-18(10-12-19)17(2)3)31-27(29-22)26(32)28-30-23-7-5-6-8-24(23)34-28/h1,5-14,16-17H,15H2,2-3H3. The van der Waals surface area contributed by atoms with Gasteiger partial charge in [-0.3, -0.25) is 4.79 Å². The highest BCUT2D eigenvalue weighted by molar-refractivity contribution is 7.20. The largest absolute Gasteiger partial charge is 0.481 e. The molecule has 5 rings (SSSR count). The van der Waals surface area contributed by atoms with Gasteiger partial charge in [0.1, 0.15) is 12.4 Å². The number of benzene rings is 3. The van der Waals surface area contributed by atoms with Gasteiger partial charge in [-0.05, 0) is 41.8 Å². The molecule has 0 aliphatic rings. The molecule has 2 aromatic heterocycles. The average Bonchev–Trinajstić information content (AvgIpc) is 3.30. The summed E-state index contributed by atoms with van der Waals surface area (Å²) in [5, 5.41) is 1.16. The first-order valence-electron chi connectivity index (χ1n) is 10.9. The highest BCUT2D eigenvalue weighted by Crippen LogP contribution is 2.31. The number of thiazole rings is 1. The monoisotopic (exact) mass is 463 g/mol. The van der Waals surface area contributed by atoms with E-state index in [1.165, 1.54) is 16.9 Å². The topological polar surface area (TPSA) is 65.0 Å². The van der Waals surface area contributed by atoms with Crippen LogP contribution in [0.4, 0.5) is 0 Å². The summed E-state index contributed by atoms with van der Waals surface area (Å²) >= 11 is 1.34. The Bertz CT molecular complexity index is 1530. The van der Waals surface area contributed by atoms with Crippen LogP contribution < -0.4 is 4.74 Å². The van der Waals surface area contributed by atoms with Crippen molar-refractivity contribution in [1.82, 2.24) is 15.0 Å². The number of para-hydroxylation sites is 1. The second-order valence-corrected chi connectivity index (χ2v) is 9.19. The first kappa shape index (κ1) is 21.7. The molecule has 0 unspecified atom stereocenters. The zero-order valence-electron chi connectivity index (χ0n) is 18.8. The molecule has 5 nitrogen and oxygen atoms in total. The molecule has 0 saturated heterocycles. The van der Waals surface area contributed by atoms with E-state index < -0.39 is 0 Å². The number of hydrogen-bond donors (Lipinski definition) is 0. The van der Waals surface area contributed by atoms with Crippen molar-refractivity contribution < 1.29 is 9.53 Å². The molecular formula is C28H21N3O2S. The van der Waals surface area contributed by atoms with Gasteiger partial charge in [0.05, 0.1) is 21.4 Å². The number of hydrogen-bond acceptors (Lipinski definition) is 6. The van der Waals surface area contributed by atoms with Crippen molar-refractivity contribution >= 4 is 38.2 Å².